The number of allylic oxidation sites excluding steroid dienone is 6. The van der Waals surface area contributed by atoms with Gasteiger partial charge in [-0.1, -0.05) is 68.5 Å². The third-order valence-electron chi connectivity index (χ3n) is 7.92. The van der Waals surface area contributed by atoms with Crippen molar-refractivity contribution in [3.05, 3.63) is 95.7 Å². The molecule has 0 radical (unpaired) electrons. The number of likely N-dealkylation sites (N-methyl/N-ethyl adjacent to an activating group) is 1. The minimum absolute atomic E-state index is 0.0259. The Labute approximate surface area is 222 Å². The summed E-state index contributed by atoms with van der Waals surface area (Å²) in [5.74, 6) is -0.712. The topological polar surface area (TPSA) is 43.5 Å². The molecule has 194 valence electrons. The summed E-state index contributed by atoms with van der Waals surface area (Å²) in [4.78, 5) is 13.3. The van der Waals surface area contributed by atoms with Crippen LogP contribution in [0.25, 0.3) is 0 Å². The highest BCUT2D eigenvalue weighted by Gasteiger charge is 2.43. The number of nitrogens with zero attached hydrogens (tertiary/aromatic N) is 2. The maximum absolute atomic E-state index is 10.9. The normalized spacial score (nSPS) is 18.8. The summed E-state index contributed by atoms with van der Waals surface area (Å²) in [6.45, 7) is 13.2. The lowest BCUT2D eigenvalue weighted by molar-refractivity contribution is -0.438. The molecule has 0 unspecified atom stereocenters. The van der Waals surface area contributed by atoms with Crippen molar-refractivity contribution in [1.82, 2.24) is 0 Å². The van der Waals surface area contributed by atoms with E-state index in [2.05, 4.69) is 123 Å². The van der Waals surface area contributed by atoms with Gasteiger partial charge in [0.1, 0.15) is 6.54 Å². The molecule has 37 heavy (non-hydrogen) atoms. The van der Waals surface area contributed by atoms with Gasteiger partial charge in [-0.05, 0) is 51.3 Å². The summed E-state index contributed by atoms with van der Waals surface area (Å²) in [6, 6.07) is 17.4. The van der Waals surface area contributed by atoms with E-state index < -0.39 is 5.97 Å². The fraction of sp³-hybridized carbons (Fsp3) is 0.394. The molecule has 0 aliphatic carbocycles. The SMILES string of the molecule is CCN1/C(=C/C=C/C=C/C2=[N+](CCCCCC(=O)O)c3ccccc3C2(C)C)C(C)(C)c2ccccc21. The number of carboxylic acid groups (broad SMARTS) is 1. The molecule has 0 saturated heterocycles. The number of anilines is 1. The molecule has 2 aliphatic rings. The van der Waals surface area contributed by atoms with E-state index in [1.54, 1.807) is 0 Å². The van der Waals surface area contributed by atoms with Gasteiger partial charge in [0, 0.05) is 53.9 Å². The molecule has 0 spiro atoms. The van der Waals surface area contributed by atoms with Crippen LogP contribution >= 0.6 is 0 Å². The Morgan fingerprint density at radius 2 is 1.59 bits per heavy atom. The van der Waals surface area contributed by atoms with Crippen LogP contribution in [0.1, 0.15) is 71.4 Å². The zero-order valence-electron chi connectivity index (χ0n) is 23.0. The Bertz CT molecular complexity index is 1280. The lowest BCUT2D eigenvalue weighted by atomic mass is 9.81. The number of hydrogen-bond acceptors (Lipinski definition) is 2. The van der Waals surface area contributed by atoms with Crippen molar-refractivity contribution >= 4 is 23.1 Å². The van der Waals surface area contributed by atoms with E-state index in [9.17, 15) is 4.79 Å². The van der Waals surface area contributed by atoms with Gasteiger partial charge in [0.15, 0.2) is 5.71 Å². The van der Waals surface area contributed by atoms with E-state index in [0.717, 1.165) is 32.4 Å². The summed E-state index contributed by atoms with van der Waals surface area (Å²) in [7, 11) is 0. The molecule has 4 heteroatoms. The monoisotopic (exact) mass is 497 g/mol. The molecule has 0 saturated carbocycles. The van der Waals surface area contributed by atoms with Crippen LogP contribution in [-0.2, 0) is 15.6 Å². The van der Waals surface area contributed by atoms with Crippen LogP contribution < -0.4 is 4.90 Å². The minimum atomic E-state index is -0.712. The van der Waals surface area contributed by atoms with Gasteiger partial charge in [-0.2, -0.15) is 4.58 Å². The Balaban J connectivity index is 1.55. The van der Waals surface area contributed by atoms with Crippen molar-refractivity contribution in [2.75, 3.05) is 18.0 Å². The molecule has 2 heterocycles. The summed E-state index contributed by atoms with van der Waals surface area (Å²) in [5, 5.41) is 8.94. The van der Waals surface area contributed by atoms with E-state index in [1.165, 1.54) is 33.9 Å². The molecule has 2 aromatic carbocycles. The third kappa shape index (κ3) is 5.20. The maximum Gasteiger partial charge on any atom is 0.303 e. The van der Waals surface area contributed by atoms with Crippen LogP contribution in [0, 0.1) is 0 Å². The number of para-hydroxylation sites is 2. The highest BCUT2D eigenvalue weighted by Crippen LogP contribution is 2.47. The first-order valence-corrected chi connectivity index (χ1v) is 13.6. The number of fused-ring (bicyclic) bond motifs is 2. The largest absolute Gasteiger partial charge is 0.481 e. The van der Waals surface area contributed by atoms with Gasteiger partial charge in [-0.15, -0.1) is 0 Å². The Kier molecular flexibility index (Phi) is 7.87. The highest BCUT2D eigenvalue weighted by atomic mass is 16.4. The molecule has 2 aromatic rings. The number of unbranched alkanes of at least 4 members (excludes halogenated alkanes) is 2. The fourth-order valence-corrected chi connectivity index (χ4v) is 5.94. The smallest absolute Gasteiger partial charge is 0.303 e. The summed E-state index contributed by atoms with van der Waals surface area (Å²) in [5.41, 5.74) is 7.79. The van der Waals surface area contributed by atoms with E-state index in [1.807, 2.05) is 0 Å². The van der Waals surface area contributed by atoms with E-state index >= 15 is 0 Å². The van der Waals surface area contributed by atoms with Gasteiger partial charge in [0.05, 0.1) is 5.41 Å². The number of carboxylic acids is 1. The van der Waals surface area contributed by atoms with Crippen LogP contribution in [0.4, 0.5) is 11.4 Å². The van der Waals surface area contributed by atoms with Gasteiger partial charge in [-0.3, -0.25) is 4.79 Å². The molecule has 0 fully saturated rings. The second-order valence-corrected chi connectivity index (χ2v) is 11.1. The van der Waals surface area contributed by atoms with Gasteiger partial charge in [-0.25, -0.2) is 0 Å². The van der Waals surface area contributed by atoms with Crippen LogP contribution in [0.3, 0.4) is 0 Å². The van der Waals surface area contributed by atoms with Crippen molar-refractivity contribution in [2.45, 2.75) is 71.1 Å². The van der Waals surface area contributed by atoms with Crippen LogP contribution in [-0.4, -0.2) is 34.5 Å². The number of aliphatic carboxylic acids is 1. The first kappa shape index (κ1) is 26.7. The summed E-state index contributed by atoms with van der Waals surface area (Å²) < 4.78 is 2.43. The quantitative estimate of drug-likeness (QED) is 0.210. The molecule has 4 rings (SSSR count). The number of rotatable bonds is 10. The van der Waals surface area contributed by atoms with Crippen molar-refractivity contribution in [2.24, 2.45) is 0 Å². The van der Waals surface area contributed by atoms with Crippen LogP contribution in [0.2, 0.25) is 0 Å². The highest BCUT2D eigenvalue weighted by molar-refractivity contribution is 6.03. The van der Waals surface area contributed by atoms with E-state index in [4.69, 9.17) is 5.11 Å². The lowest BCUT2D eigenvalue weighted by Gasteiger charge is -2.25. The zero-order valence-corrected chi connectivity index (χ0v) is 23.0. The molecule has 4 nitrogen and oxygen atoms in total. The van der Waals surface area contributed by atoms with Crippen LogP contribution in [0.5, 0.6) is 0 Å². The van der Waals surface area contributed by atoms with Gasteiger partial charge in [0.2, 0.25) is 5.69 Å². The number of carbonyl (C=O) groups is 1. The minimum Gasteiger partial charge on any atom is -0.481 e. The molecule has 0 atom stereocenters. The van der Waals surface area contributed by atoms with E-state index in [0.29, 0.717) is 0 Å². The maximum atomic E-state index is 10.9. The molecule has 2 aliphatic heterocycles. The number of hydrogen-bond donors (Lipinski definition) is 1. The fourth-order valence-electron chi connectivity index (χ4n) is 5.94. The molecular formula is C33H41N2O2+. The van der Waals surface area contributed by atoms with Gasteiger partial charge in [0.25, 0.3) is 0 Å². The third-order valence-corrected chi connectivity index (χ3v) is 7.92. The molecular weight excluding hydrogens is 456 g/mol. The summed E-state index contributed by atoms with van der Waals surface area (Å²) >= 11 is 0. The average Bonchev–Trinajstić information content (AvgIpc) is 3.22. The molecule has 1 N–H and O–H groups in total. The molecule has 0 aromatic heterocycles. The van der Waals surface area contributed by atoms with Crippen molar-refractivity contribution in [1.29, 1.82) is 0 Å². The first-order valence-electron chi connectivity index (χ1n) is 13.6. The lowest BCUT2D eigenvalue weighted by Crippen LogP contribution is -2.27. The van der Waals surface area contributed by atoms with Crippen molar-refractivity contribution in [3.63, 3.8) is 0 Å². The Morgan fingerprint density at radius 1 is 0.892 bits per heavy atom. The van der Waals surface area contributed by atoms with Crippen molar-refractivity contribution in [3.8, 4) is 0 Å². The predicted molar refractivity (Wildman–Crippen MR) is 154 cm³/mol. The van der Waals surface area contributed by atoms with Crippen molar-refractivity contribution < 1.29 is 14.5 Å². The first-order chi connectivity index (χ1) is 17.7. The molecule has 0 bridgehead atoms. The summed E-state index contributed by atoms with van der Waals surface area (Å²) in [6.07, 6.45) is 13.8. The predicted octanol–water partition coefficient (Wildman–Crippen LogP) is 7.52. The van der Waals surface area contributed by atoms with Gasteiger partial charge >= 0.3 is 5.97 Å². The van der Waals surface area contributed by atoms with Crippen LogP contribution in [0.15, 0.2) is 84.6 Å². The Morgan fingerprint density at radius 3 is 2.32 bits per heavy atom. The second kappa shape index (κ2) is 10.9. The van der Waals surface area contributed by atoms with E-state index in [-0.39, 0.29) is 17.3 Å². The van der Waals surface area contributed by atoms with Gasteiger partial charge < -0.3 is 10.0 Å². The molecule has 0 amide bonds. The number of benzene rings is 2. The average molecular weight is 498 g/mol. The second-order valence-electron chi connectivity index (χ2n) is 11.1. The zero-order chi connectivity index (χ0) is 26.6. The Hall–Kier alpha value is -3.40. The standard InChI is InChI=1S/C33H40N2O2/c1-6-34-27-19-14-12-17-25(27)32(2,3)29(34)21-9-7-10-22-30-33(4,5)26-18-13-15-20-28(26)35(30)24-16-8-11-23-31(36)37/h7,9-10,12-15,17-22H,6,8,11,16,23-24H2,1-5H3/p+1.